The zero-order valence-corrected chi connectivity index (χ0v) is 17.9. The van der Waals surface area contributed by atoms with Gasteiger partial charge in [0.15, 0.2) is 10.8 Å². The second-order valence-electron chi connectivity index (χ2n) is 7.58. The molecule has 0 saturated heterocycles. The average Bonchev–Trinajstić information content (AvgIpc) is 3.34. The van der Waals surface area contributed by atoms with Gasteiger partial charge in [0.25, 0.3) is 5.91 Å². The van der Waals surface area contributed by atoms with Crippen LogP contribution < -0.4 is 4.90 Å². The van der Waals surface area contributed by atoms with Gasteiger partial charge in [-0.3, -0.25) is 14.4 Å². The van der Waals surface area contributed by atoms with Crippen molar-refractivity contribution in [2.75, 3.05) is 4.90 Å². The normalized spacial score (nSPS) is 11.3. The molecule has 4 rings (SSSR count). The van der Waals surface area contributed by atoms with Crippen molar-refractivity contribution in [3.8, 4) is 0 Å². The molecule has 2 heterocycles. The molecule has 0 atom stereocenters. The van der Waals surface area contributed by atoms with E-state index in [2.05, 4.69) is 31.1 Å². The van der Waals surface area contributed by atoms with Gasteiger partial charge in [-0.1, -0.05) is 47.7 Å². The summed E-state index contributed by atoms with van der Waals surface area (Å²) >= 11 is 1.56. The predicted molar refractivity (Wildman–Crippen MR) is 119 cm³/mol. The van der Waals surface area contributed by atoms with Crippen LogP contribution in [0.1, 0.15) is 47.1 Å². The van der Waals surface area contributed by atoms with Gasteiger partial charge in [0.05, 0.1) is 16.8 Å². The second kappa shape index (κ2) is 7.79. The minimum Gasteiger partial charge on any atom is -0.278 e. The fourth-order valence-electron chi connectivity index (χ4n) is 3.35. The zero-order chi connectivity index (χ0) is 20.5. The quantitative estimate of drug-likeness (QED) is 0.439. The van der Waals surface area contributed by atoms with Crippen molar-refractivity contribution in [2.45, 2.75) is 40.3 Å². The molecular weight excluding hydrogens is 380 g/mol. The Balaban J connectivity index is 1.77. The number of hydrogen-bond donors (Lipinski definition) is 0. The summed E-state index contributed by atoms with van der Waals surface area (Å²) in [7, 11) is 0. The number of carbonyl (C=O) groups excluding carboxylic acids is 1. The van der Waals surface area contributed by atoms with Gasteiger partial charge in [-0.05, 0) is 56.5 Å². The van der Waals surface area contributed by atoms with Crippen molar-refractivity contribution in [1.29, 1.82) is 0 Å². The molecular formula is C23H24N4OS. The molecule has 0 aliphatic rings. The van der Waals surface area contributed by atoms with Crippen LogP contribution in [0.25, 0.3) is 10.2 Å². The van der Waals surface area contributed by atoms with Crippen LogP contribution in [-0.4, -0.2) is 20.7 Å². The molecule has 0 saturated carbocycles. The van der Waals surface area contributed by atoms with E-state index >= 15 is 0 Å². The lowest BCUT2D eigenvalue weighted by atomic mass is 10.1. The minimum absolute atomic E-state index is 0.137. The molecule has 2 aromatic heterocycles. The van der Waals surface area contributed by atoms with Crippen LogP contribution in [0.4, 0.5) is 5.13 Å². The molecule has 0 bridgehead atoms. The van der Waals surface area contributed by atoms with E-state index < -0.39 is 0 Å². The first-order valence-electron chi connectivity index (χ1n) is 9.71. The highest BCUT2D eigenvalue weighted by molar-refractivity contribution is 7.22. The number of amides is 1. The van der Waals surface area contributed by atoms with E-state index in [9.17, 15) is 4.79 Å². The fourth-order valence-corrected chi connectivity index (χ4v) is 4.36. The summed E-state index contributed by atoms with van der Waals surface area (Å²) in [4.78, 5) is 20.0. The number of nitrogens with zero attached hydrogens (tertiary/aromatic N) is 4. The number of hydrogen-bond acceptors (Lipinski definition) is 4. The van der Waals surface area contributed by atoms with Crippen LogP contribution in [0.3, 0.4) is 0 Å². The van der Waals surface area contributed by atoms with Crippen molar-refractivity contribution < 1.29 is 4.79 Å². The molecule has 0 radical (unpaired) electrons. The Kier molecular flexibility index (Phi) is 5.20. The lowest BCUT2D eigenvalue weighted by molar-refractivity contribution is 0.0979. The van der Waals surface area contributed by atoms with Crippen molar-refractivity contribution >= 4 is 32.6 Å². The lowest BCUT2D eigenvalue weighted by Gasteiger charge is -2.19. The molecule has 29 heavy (non-hydrogen) atoms. The van der Waals surface area contributed by atoms with Crippen molar-refractivity contribution in [3.05, 3.63) is 77.1 Å². The predicted octanol–water partition coefficient (Wildman–Crippen LogP) is 5.54. The van der Waals surface area contributed by atoms with E-state index in [1.807, 2.05) is 50.4 Å². The Morgan fingerprint density at radius 1 is 1.14 bits per heavy atom. The van der Waals surface area contributed by atoms with Crippen LogP contribution >= 0.6 is 11.3 Å². The monoisotopic (exact) mass is 404 g/mol. The van der Waals surface area contributed by atoms with Crippen LogP contribution in [-0.2, 0) is 6.54 Å². The van der Waals surface area contributed by atoms with Crippen molar-refractivity contribution in [2.24, 2.45) is 0 Å². The Morgan fingerprint density at radius 3 is 2.59 bits per heavy atom. The first kappa shape index (κ1) is 19.3. The molecule has 0 aliphatic carbocycles. The number of aromatic nitrogens is 3. The van der Waals surface area contributed by atoms with Crippen LogP contribution in [0, 0.1) is 13.8 Å². The average molecular weight is 405 g/mol. The van der Waals surface area contributed by atoms with E-state index in [-0.39, 0.29) is 11.9 Å². The molecule has 148 valence electrons. The maximum absolute atomic E-state index is 13.4. The minimum atomic E-state index is -0.137. The van der Waals surface area contributed by atoms with Gasteiger partial charge in [0.1, 0.15) is 0 Å². The second-order valence-corrected chi connectivity index (χ2v) is 8.56. The van der Waals surface area contributed by atoms with Gasteiger partial charge in [-0.2, -0.15) is 5.10 Å². The number of anilines is 1. The summed E-state index contributed by atoms with van der Waals surface area (Å²) in [6.07, 6.45) is 1.85. The van der Waals surface area contributed by atoms with E-state index in [0.717, 1.165) is 15.8 Å². The first-order chi connectivity index (χ1) is 13.9. The summed E-state index contributed by atoms with van der Waals surface area (Å²) in [5.41, 5.74) is 4.77. The largest absolute Gasteiger partial charge is 0.280 e. The number of rotatable bonds is 5. The topological polar surface area (TPSA) is 51.0 Å². The number of fused-ring (bicyclic) bond motifs is 1. The summed E-state index contributed by atoms with van der Waals surface area (Å²) in [6.45, 7) is 8.69. The molecule has 0 unspecified atom stereocenters. The molecule has 0 aliphatic heterocycles. The van der Waals surface area contributed by atoms with E-state index in [0.29, 0.717) is 17.4 Å². The molecule has 0 fully saturated rings. The third kappa shape index (κ3) is 3.93. The number of benzene rings is 2. The lowest BCUT2D eigenvalue weighted by Crippen LogP contribution is -2.30. The summed E-state index contributed by atoms with van der Waals surface area (Å²) in [5.74, 6) is -0.137. The molecule has 5 nitrogen and oxygen atoms in total. The van der Waals surface area contributed by atoms with Gasteiger partial charge in [0.2, 0.25) is 0 Å². The smallest absolute Gasteiger partial charge is 0.278 e. The van der Waals surface area contributed by atoms with E-state index in [4.69, 9.17) is 4.98 Å². The molecule has 4 aromatic rings. The van der Waals surface area contributed by atoms with Crippen molar-refractivity contribution in [1.82, 2.24) is 14.8 Å². The third-order valence-electron chi connectivity index (χ3n) is 4.82. The Bertz CT molecular complexity index is 1160. The SMILES string of the molecule is Cc1cc(C)c2sc(N(Cc3ccccc3)C(=O)c3ccn(C(C)C)n3)nc2c1. The zero-order valence-electron chi connectivity index (χ0n) is 17.1. The van der Waals surface area contributed by atoms with Gasteiger partial charge in [-0.25, -0.2) is 4.98 Å². The Morgan fingerprint density at radius 2 is 1.90 bits per heavy atom. The maximum Gasteiger partial charge on any atom is 0.280 e. The standard InChI is InChI=1S/C23H24N4OS/c1-15(2)27-11-10-19(25-27)22(28)26(14-18-8-6-5-7-9-18)23-24-20-13-16(3)12-17(4)21(20)29-23/h5-13,15H,14H2,1-4H3. The summed E-state index contributed by atoms with van der Waals surface area (Å²) in [6, 6.07) is 16.2. The summed E-state index contributed by atoms with van der Waals surface area (Å²) in [5, 5.41) is 5.18. The van der Waals surface area contributed by atoms with E-state index in [1.54, 1.807) is 27.0 Å². The molecule has 0 spiro atoms. The maximum atomic E-state index is 13.4. The van der Waals surface area contributed by atoms with Crippen LogP contribution in [0.2, 0.25) is 0 Å². The Hall–Kier alpha value is -2.99. The van der Waals surface area contributed by atoms with Gasteiger partial charge in [0, 0.05) is 12.2 Å². The molecule has 1 amide bonds. The fraction of sp³-hybridized carbons (Fsp3) is 0.261. The summed E-state index contributed by atoms with van der Waals surface area (Å²) < 4.78 is 2.92. The highest BCUT2D eigenvalue weighted by Gasteiger charge is 2.24. The number of aryl methyl sites for hydroxylation is 2. The van der Waals surface area contributed by atoms with Crippen LogP contribution in [0.5, 0.6) is 0 Å². The van der Waals surface area contributed by atoms with Crippen molar-refractivity contribution in [3.63, 3.8) is 0 Å². The van der Waals surface area contributed by atoms with Gasteiger partial charge >= 0.3 is 0 Å². The van der Waals surface area contributed by atoms with Crippen LogP contribution in [0.15, 0.2) is 54.7 Å². The highest BCUT2D eigenvalue weighted by atomic mass is 32.1. The van der Waals surface area contributed by atoms with Gasteiger partial charge < -0.3 is 0 Å². The number of carbonyl (C=O) groups is 1. The number of thiazole rings is 1. The van der Waals surface area contributed by atoms with E-state index in [1.165, 1.54) is 11.1 Å². The third-order valence-corrected chi connectivity index (χ3v) is 6.05. The molecule has 0 N–H and O–H groups in total. The first-order valence-corrected chi connectivity index (χ1v) is 10.5. The highest BCUT2D eigenvalue weighted by Crippen LogP contribution is 2.33. The molecule has 2 aromatic carbocycles. The molecule has 6 heteroatoms. The van der Waals surface area contributed by atoms with Gasteiger partial charge in [-0.15, -0.1) is 0 Å². The Labute approximate surface area is 174 Å².